The fourth-order valence-electron chi connectivity index (χ4n) is 1.73. The quantitative estimate of drug-likeness (QED) is 0.512. The Bertz CT molecular complexity index is 660. The Morgan fingerprint density at radius 1 is 1.17 bits per heavy atom. The summed E-state index contributed by atoms with van der Waals surface area (Å²) in [5.41, 5.74) is 5.05. The first-order valence-corrected chi connectivity index (χ1v) is 7.21. The number of nitrogens with one attached hydrogen (secondary N) is 2. The van der Waals surface area contributed by atoms with E-state index in [1.807, 2.05) is 31.6 Å². The van der Waals surface area contributed by atoms with Gasteiger partial charge in [-0.15, -0.1) is 22.7 Å². The van der Waals surface area contributed by atoms with Gasteiger partial charge in [-0.1, -0.05) is 0 Å². The van der Waals surface area contributed by atoms with Crippen LogP contribution in [0.3, 0.4) is 0 Å². The van der Waals surface area contributed by atoms with E-state index in [2.05, 4.69) is 26.0 Å². The number of fused-ring (bicyclic) bond motifs is 2. The van der Waals surface area contributed by atoms with Crippen LogP contribution in [0.5, 0.6) is 0 Å². The molecule has 4 aromatic rings. The van der Waals surface area contributed by atoms with Gasteiger partial charge in [-0.05, 0) is 26.0 Å². The van der Waals surface area contributed by atoms with Gasteiger partial charge in [-0.2, -0.15) is 0 Å². The van der Waals surface area contributed by atoms with Crippen molar-refractivity contribution in [2.24, 2.45) is 0 Å². The summed E-state index contributed by atoms with van der Waals surface area (Å²) in [5.74, 6) is 0. The van der Waals surface area contributed by atoms with Crippen LogP contribution in [-0.2, 0) is 0 Å². The molecular weight excluding hydrogens is 264 g/mol. The van der Waals surface area contributed by atoms with E-state index >= 15 is 0 Å². The molecule has 0 unspecified atom stereocenters. The highest BCUT2D eigenvalue weighted by Gasteiger charge is 2.00. The SMILES string of the molecule is Cc1cc2sc(C)nc2[nH]1.c1cc2scnc2[nH]1. The van der Waals surface area contributed by atoms with Crippen molar-refractivity contribution in [3.63, 3.8) is 0 Å². The van der Waals surface area contributed by atoms with E-state index in [1.54, 1.807) is 22.7 Å². The van der Waals surface area contributed by atoms with E-state index in [4.69, 9.17) is 0 Å². The third kappa shape index (κ3) is 2.16. The molecule has 0 fully saturated rings. The smallest absolute Gasteiger partial charge is 0.148 e. The predicted octanol–water partition coefficient (Wildman–Crippen LogP) is 3.87. The van der Waals surface area contributed by atoms with Gasteiger partial charge in [-0.25, -0.2) is 9.97 Å². The summed E-state index contributed by atoms with van der Waals surface area (Å²) < 4.78 is 2.49. The van der Waals surface area contributed by atoms with Crippen LogP contribution < -0.4 is 0 Å². The number of aromatic nitrogens is 4. The Labute approximate surface area is 112 Å². The van der Waals surface area contributed by atoms with Gasteiger partial charge >= 0.3 is 0 Å². The summed E-state index contributed by atoms with van der Waals surface area (Å²) >= 11 is 3.38. The summed E-state index contributed by atoms with van der Waals surface area (Å²) in [6.07, 6.45) is 1.90. The zero-order chi connectivity index (χ0) is 12.5. The van der Waals surface area contributed by atoms with E-state index in [0.29, 0.717) is 0 Å². The van der Waals surface area contributed by atoms with E-state index < -0.39 is 0 Å². The van der Waals surface area contributed by atoms with E-state index in [-0.39, 0.29) is 0 Å². The highest BCUT2D eigenvalue weighted by atomic mass is 32.1. The minimum Gasteiger partial charge on any atom is -0.345 e. The topological polar surface area (TPSA) is 57.4 Å². The molecule has 0 aliphatic carbocycles. The number of hydrogen-bond acceptors (Lipinski definition) is 4. The molecule has 0 amide bonds. The molecule has 6 heteroatoms. The molecule has 0 spiro atoms. The van der Waals surface area contributed by atoms with Crippen molar-refractivity contribution in [2.45, 2.75) is 13.8 Å². The second kappa shape index (κ2) is 4.55. The van der Waals surface area contributed by atoms with Crippen molar-refractivity contribution in [3.05, 3.63) is 34.5 Å². The molecule has 18 heavy (non-hydrogen) atoms. The summed E-state index contributed by atoms with van der Waals surface area (Å²) in [7, 11) is 0. The number of nitrogens with zero attached hydrogens (tertiary/aromatic N) is 2. The van der Waals surface area contributed by atoms with Gasteiger partial charge in [0.05, 0.1) is 19.9 Å². The number of thiazole rings is 2. The lowest BCUT2D eigenvalue weighted by Gasteiger charge is -1.77. The third-order valence-corrected chi connectivity index (χ3v) is 4.19. The molecule has 0 saturated carbocycles. The monoisotopic (exact) mass is 276 g/mol. The summed E-state index contributed by atoms with van der Waals surface area (Å²) in [5, 5.41) is 1.13. The van der Waals surface area contributed by atoms with Crippen molar-refractivity contribution in [3.8, 4) is 0 Å². The zero-order valence-corrected chi connectivity index (χ0v) is 11.7. The highest BCUT2D eigenvalue weighted by molar-refractivity contribution is 7.18. The highest BCUT2D eigenvalue weighted by Crippen LogP contribution is 2.21. The van der Waals surface area contributed by atoms with Gasteiger partial charge in [-0.3, -0.25) is 0 Å². The fourth-order valence-corrected chi connectivity index (χ4v) is 3.25. The molecule has 0 atom stereocenters. The molecular formula is C12H12N4S2. The second-order valence-corrected chi connectivity index (χ2v) is 6.06. The molecule has 0 radical (unpaired) electrons. The largest absolute Gasteiger partial charge is 0.345 e. The summed E-state index contributed by atoms with van der Waals surface area (Å²) in [6.45, 7) is 4.07. The minimum atomic E-state index is 0.995. The van der Waals surface area contributed by atoms with Crippen LogP contribution >= 0.6 is 22.7 Å². The first-order chi connectivity index (χ1) is 8.72. The number of aromatic amines is 2. The van der Waals surface area contributed by atoms with Crippen LogP contribution in [0.15, 0.2) is 23.8 Å². The maximum Gasteiger partial charge on any atom is 0.148 e. The van der Waals surface area contributed by atoms with Crippen molar-refractivity contribution >= 4 is 43.4 Å². The predicted molar refractivity (Wildman–Crippen MR) is 77.4 cm³/mol. The van der Waals surface area contributed by atoms with Gasteiger partial charge in [0, 0.05) is 11.9 Å². The van der Waals surface area contributed by atoms with Crippen LogP contribution in [0.2, 0.25) is 0 Å². The fraction of sp³-hybridized carbons (Fsp3) is 0.167. The van der Waals surface area contributed by atoms with Crippen molar-refractivity contribution in [1.82, 2.24) is 19.9 Å². The molecule has 0 aromatic carbocycles. The average Bonchev–Trinajstić information content (AvgIpc) is 2.96. The molecule has 4 nitrogen and oxygen atoms in total. The molecule has 0 aliphatic rings. The second-order valence-electron chi connectivity index (χ2n) is 3.94. The number of aryl methyl sites for hydroxylation is 2. The molecule has 0 aliphatic heterocycles. The first kappa shape index (κ1) is 11.4. The van der Waals surface area contributed by atoms with E-state index in [1.165, 1.54) is 15.1 Å². The van der Waals surface area contributed by atoms with Crippen molar-refractivity contribution in [2.75, 3.05) is 0 Å². The normalized spacial score (nSPS) is 10.8. The molecule has 2 N–H and O–H groups in total. The molecule has 0 bridgehead atoms. The summed E-state index contributed by atoms with van der Waals surface area (Å²) in [4.78, 5) is 14.5. The number of rotatable bonds is 0. The van der Waals surface area contributed by atoms with Gasteiger partial charge in [0.15, 0.2) is 0 Å². The lowest BCUT2D eigenvalue weighted by molar-refractivity contribution is 1.23. The van der Waals surface area contributed by atoms with Crippen LogP contribution in [-0.4, -0.2) is 19.9 Å². The lowest BCUT2D eigenvalue weighted by atomic mass is 10.5. The van der Waals surface area contributed by atoms with Gasteiger partial charge in [0.2, 0.25) is 0 Å². The van der Waals surface area contributed by atoms with Crippen LogP contribution in [0.4, 0.5) is 0 Å². The van der Waals surface area contributed by atoms with Crippen LogP contribution in [0.1, 0.15) is 10.7 Å². The molecule has 4 heterocycles. The maximum atomic E-state index is 4.30. The van der Waals surface area contributed by atoms with Gasteiger partial charge in [0.25, 0.3) is 0 Å². The Balaban J connectivity index is 0.000000114. The van der Waals surface area contributed by atoms with Crippen molar-refractivity contribution < 1.29 is 0 Å². The first-order valence-electron chi connectivity index (χ1n) is 5.52. The Kier molecular flexibility index (Phi) is 2.89. The van der Waals surface area contributed by atoms with Crippen LogP contribution in [0, 0.1) is 13.8 Å². The number of hydrogen-bond donors (Lipinski definition) is 2. The minimum absolute atomic E-state index is 0.995. The molecule has 0 saturated heterocycles. The molecule has 4 rings (SSSR count). The molecule has 4 aromatic heterocycles. The van der Waals surface area contributed by atoms with Crippen LogP contribution in [0.25, 0.3) is 20.7 Å². The third-order valence-electron chi connectivity index (χ3n) is 2.47. The Morgan fingerprint density at radius 3 is 2.83 bits per heavy atom. The zero-order valence-electron chi connectivity index (χ0n) is 10.0. The van der Waals surface area contributed by atoms with E-state index in [0.717, 1.165) is 16.3 Å². The van der Waals surface area contributed by atoms with Gasteiger partial charge in [0.1, 0.15) is 11.3 Å². The van der Waals surface area contributed by atoms with Gasteiger partial charge < -0.3 is 9.97 Å². The lowest BCUT2D eigenvalue weighted by Crippen LogP contribution is -1.70. The average molecular weight is 276 g/mol. The van der Waals surface area contributed by atoms with Crippen molar-refractivity contribution in [1.29, 1.82) is 0 Å². The maximum absolute atomic E-state index is 4.30. The van der Waals surface area contributed by atoms with E-state index in [9.17, 15) is 0 Å². The summed E-state index contributed by atoms with van der Waals surface area (Å²) in [6, 6.07) is 4.15. The standard InChI is InChI=1S/C7H8N2S.C5H4N2S/c1-4-3-6-7(8-4)9-5(2)10-6;1-2-6-5-4(1)8-3-7-5/h3,8H,1-2H3;1-3,6H. The number of H-pyrrole nitrogens is 2. The Morgan fingerprint density at radius 2 is 2.06 bits per heavy atom. The Hall–Kier alpha value is -1.66. The molecule has 92 valence electrons.